The maximum atomic E-state index is 13.2. The molecule has 0 fully saturated rings. The molecule has 4 rings (SSSR count). The number of ketones is 1. The van der Waals surface area contributed by atoms with Gasteiger partial charge < -0.3 is 19.3 Å². The molecule has 0 unspecified atom stereocenters. The molecule has 2 aromatic rings. The summed E-state index contributed by atoms with van der Waals surface area (Å²) in [5, 5.41) is 11.2. The van der Waals surface area contributed by atoms with Gasteiger partial charge in [0.25, 0.3) is 0 Å². The van der Waals surface area contributed by atoms with E-state index in [0.717, 1.165) is 18.7 Å². The third kappa shape index (κ3) is 5.18. The molecule has 0 saturated heterocycles. The number of hydrogen-bond donors (Lipinski definition) is 1. The smallest absolute Gasteiger partial charge is 0.231 e. The SMILES string of the molecule is CC(C)CN(Cc1c(O)ccc2c1O/C(=C/c1cc(Cl)cc3c1OCOC3)C2=O)CC(C)C. The molecule has 2 aromatic carbocycles. The molecule has 0 bridgehead atoms. The summed E-state index contributed by atoms with van der Waals surface area (Å²) in [5.41, 5.74) is 2.55. The molecule has 1 N–H and O–H groups in total. The molecule has 2 aliphatic heterocycles. The minimum absolute atomic E-state index is 0.126. The second kappa shape index (κ2) is 9.75. The van der Waals surface area contributed by atoms with Crippen LogP contribution in [0.2, 0.25) is 5.02 Å². The Labute approximate surface area is 199 Å². The third-order valence-corrected chi connectivity index (χ3v) is 5.75. The number of benzene rings is 2. The predicted molar refractivity (Wildman–Crippen MR) is 128 cm³/mol. The molecule has 0 saturated carbocycles. The van der Waals surface area contributed by atoms with Crippen LogP contribution in [-0.4, -0.2) is 35.7 Å². The lowest BCUT2D eigenvalue weighted by atomic mass is 10.0. The number of phenolic OH excluding ortho intramolecular Hbond substituents is 1. The van der Waals surface area contributed by atoms with Crippen LogP contribution >= 0.6 is 11.6 Å². The summed E-state index contributed by atoms with van der Waals surface area (Å²) in [4.78, 5) is 15.5. The van der Waals surface area contributed by atoms with E-state index in [1.165, 1.54) is 0 Å². The van der Waals surface area contributed by atoms with Crippen LogP contribution in [0.4, 0.5) is 0 Å². The van der Waals surface area contributed by atoms with Gasteiger partial charge in [0.2, 0.25) is 5.78 Å². The van der Waals surface area contributed by atoms with E-state index in [4.69, 9.17) is 25.8 Å². The molecule has 6 nitrogen and oxygen atoms in total. The van der Waals surface area contributed by atoms with Crippen LogP contribution in [0.15, 0.2) is 30.0 Å². The molecule has 0 aromatic heterocycles. The first-order valence-electron chi connectivity index (χ1n) is 11.3. The number of hydrogen-bond acceptors (Lipinski definition) is 6. The van der Waals surface area contributed by atoms with E-state index in [-0.39, 0.29) is 24.1 Å². The average molecular weight is 472 g/mol. The van der Waals surface area contributed by atoms with E-state index in [0.29, 0.717) is 58.2 Å². The van der Waals surface area contributed by atoms with Crippen LogP contribution in [-0.2, 0) is 17.9 Å². The van der Waals surface area contributed by atoms with Gasteiger partial charge in [0, 0.05) is 35.8 Å². The molecule has 0 radical (unpaired) electrons. The Bertz CT molecular complexity index is 1080. The van der Waals surface area contributed by atoms with E-state index < -0.39 is 0 Å². The molecule has 2 heterocycles. The highest BCUT2D eigenvalue weighted by Gasteiger charge is 2.32. The van der Waals surface area contributed by atoms with Crippen LogP contribution in [0.25, 0.3) is 6.08 Å². The van der Waals surface area contributed by atoms with Crippen molar-refractivity contribution in [3.63, 3.8) is 0 Å². The Morgan fingerprint density at radius 1 is 1.12 bits per heavy atom. The van der Waals surface area contributed by atoms with Crippen LogP contribution < -0.4 is 9.47 Å². The number of carbonyl (C=O) groups excluding carboxylic acids is 1. The van der Waals surface area contributed by atoms with Gasteiger partial charge in [-0.15, -0.1) is 0 Å². The first-order chi connectivity index (χ1) is 15.7. The summed E-state index contributed by atoms with van der Waals surface area (Å²) in [6, 6.07) is 6.72. The van der Waals surface area contributed by atoms with Gasteiger partial charge in [0.05, 0.1) is 17.7 Å². The fourth-order valence-corrected chi connectivity index (χ4v) is 4.62. The number of ether oxygens (including phenoxy) is 3. The molecular formula is C26H30ClNO5. The maximum absolute atomic E-state index is 13.2. The lowest BCUT2D eigenvalue weighted by Gasteiger charge is -2.27. The fraction of sp³-hybridized carbons (Fsp3) is 0.423. The van der Waals surface area contributed by atoms with Crippen molar-refractivity contribution >= 4 is 23.5 Å². The van der Waals surface area contributed by atoms with Crippen molar-refractivity contribution in [1.29, 1.82) is 0 Å². The van der Waals surface area contributed by atoms with Gasteiger partial charge >= 0.3 is 0 Å². The quantitative estimate of drug-likeness (QED) is 0.527. The van der Waals surface area contributed by atoms with Crippen LogP contribution in [0, 0.1) is 11.8 Å². The minimum Gasteiger partial charge on any atom is -0.507 e. The van der Waals surface area contributed by atoms with Gasteiger partial charge in [-0.25, -0.2) is 0 Å². The van der Waals surface area contributed by atoms with Gasteiger partial charge in [-0.3, -0.25) is 9.69 Å². The highest BCUT2D eigenvalue weighted by molar-refractivity contribution is 6.31. The molecule has 0 amide bonds. The van der Waals surface area contributed by atoms with Gasteiger partial charge in [-0.2, -0.15) is 0 Å². The molecule has 176 valence electrons. The standard InChI is InChI=1S/C26H30ClNO5/c1-15(2)10-28(11-16(3)4)12-21-22(29)6-5-20-24(30)23(33-26(20)21)9-17-7-19(27)8-18-13-31-14-32-25(17)18/h5-9,15-16,29H,10-14H2,1-4H3/b23-9+. The Hall–Kier alpha value is -2.54. The number of fused-ring (bicyclic) bond motifs is 2. The maximum Gasteiger partial charge on any atom is 0.231 e. The van der Waals surface area contributed by atoms with E-state index in [1.54, 1.807) is 30.3 Å². The van der Waals surface area contributed by atoms with Crippen molar-refractivity contribution in [2.45, 2.75) is 40.8 Å². The molecule has 7 heteroatoms. The van der Waals surface area contributed by atoms with E-state index in [1.807, 2.05) is 0 Å². The molecule has 33 heavy (non-hydrogen) atoms. The number of carbonyl (C=O) groups is 1. The second-order valence-electron chi connectivity index (χ2n) is 9.46. The van der Waals surface area contributed by atoms with Gasteiger partial charge in [0.1, 0.15) is 17.2 Å². The van der Waals surface area contributed by atoms with Crippen molar-refractivity contribution in [2.24, 2.45) is 11.8 Å². The van der Waals surface area contributed by atoms with Crippen LogP contribution in [0.5, 0.6) is 17.2 Å². The molecular weight excluding hydrogens is 442 g/mol. The van der Waals surface area contributed by atoms with Crippen molar-refractivity contribution in [2.75, 3.05) is 19.9 Å². The number of aromatic hydroxyl groups is 1. The number of rotatable bonds is 7. The molecule has 0 atom stereocenters. The Morgan fingerprint density at radius 2 is 1.85 bits per heavy atom. The monoisotopic (exact) mass is 471 g/mol. The number of halogens is 1. The average Bonchev–Trinajstić information content (AvgIpc) is 3.04. The number of allylic oxidation sites excluding steroid dienone is 1. The second-order valence-corrected chi connectivity index (χ2v) is 9.89. The summed E-state index contributed by atoms with van der Waals surface area (Å²) >= 11 is 6.27. The lowest BCUT2D eigenvalue weighted by Crippen LogP contribution is -2.31. The summed E-state index contributed by atoms with van der Waals surface area (Å²) in [7, 11) is 0. The highest BCUT2D eigenvalue weighted by Crippen LogP contribution is 2.41. The summed E-state index contributed by atoms with van der Waals surface area (Å²) in [5.74, 6) is 2.07. The zero-order valence-electron chi connectivity index (χ0n) is 19.5. The first kappa shape index (κ1) is 23.6. The third-order valence-electron chi connectivity index (χ3n) is 5.53. The van der Waals surface area contributed by atoms with Crippen molar-refractivity contribution < 1.29 is 24.1 Å². The number of nitrogens with zero attached hydrogens (tertiary/aromatic N) is 1. The fourth-order valence-electron chi connectivity index (χ4n) is 4.37. The zero-order chi connectivity index (χ0) is 23.7. The van der Waals surface area contributed by atoms with Gasteiger partial charge in [-0.05, 0) is 42.2 Å². The Morgan fingerprint density at radius 3 is 2.55 bits per heavy atom. The molecule has 2 aliphatic rings. The van der Waals surface area contributed by atoms with Crippen molar-refractivity contribution in [1.82, 2.24) is 4.90 Å². The van der Waals surface area contributed by atoms with E-state index >= 15 is 0 Å². The van der Waals surface area contributed by atoms with Crippen molar-refractivity contribution in [3.05, 3.63) is 57.3 Å². The van der Waals surface area contributed by atoms with E-state index in [2.05, 4.69) is 32.6 Å². The van der Waals surface area contributed by atoms with Gasteiger partial charge in [-0.1, -0.05) is 39.3 Å². The summed E-state index contributed by atoms with van der Waals surface area (Å²) in [6.07, 6.45) is 1.65. The summed E-state index contributed by atoms with van der Waals surface area (Å²) in [6.45, 7) is 11.5. The number of Topliss-reactive ketones (excluding diaryl/α,β-unsaturated/α-hetero) is 1. The predicted octanol–water partition coefficient (Wildman–Crippen LogP) is 5.64. The van der Waals surface area contributed by atoms with Gasteiger partial charge in [0.15, 0.2) is 12.6 Å². The summed E-state index contributed by atoms with van der Waals surface area (Å²) < 4.78 is 17.1. The minimum atomic E-state index is -0.230. The normalized spacial score (nSPS) is 16.4. The van der Waals surface area contributed by atoms with Crippen LogP contribution in [0.3, 0.4) is 0 Å². The Balaban J connectivity index is 1.68. The first-order valence-corrected chi connectivity index (χ1v) is 11.6. The molecule has 0 spiro atoms. The van der Waals surface area contributed by atoms with E-state index in [9.17, 15) is 9.90 Å². The zero-order valence-corrected chi connectivity index (χ0v) is 20.2. The molecule has 0 aliphatic carbocycles. The Kier molecular flexibility index (Phi) is 6.98. The van der Waals surface area contributed by atoms with Crippen molar-refractivity contribution in [3.8, 4) is 17.2 Å². The van der Waals surface area contributed by atoms with Crippen LogP contribution in [0.1, 0.15) is 54.7 Å². The lowest BCUT2D eigenvalue weighted by molar-refractivity contribution is -0.0165. The number of phenols is 1. The highest BCUT2D eigenvalue weighted by atomic mass is 35.5. The topological polar surface area (TPSA) is 68.2 Å². The largest absolute Gasteiger partial charge is 0.507 e.